The molecule has 5 nitrogen and oxygen atoms in total. The molecule has 0 radical (unpaired) electrons. The molecule has 1 heterocycles. The molecule has 1 aliphatic heterocycles. The molecule has 2 rings (SSSR count). The van der Waals surface area contributed by atoms with Crippen LogP contribution in [0, 0.1) is 0 Å². The first-order chi connectivity index (χ1) is 7.49. The van der Waals surface area contributed by atoms with Crippen LogP contribution >= 0.6 is 6.64 Å². The van der Waals surface area contributed by atoms with Crippen LogP contribution in [-0.2, 0) is 16.3 Å². The van der Waals surface area contributed by atoms with E-state index < -0.39 is 18.5 Å². The average Bonchev–Trinajstić information content (AvgIpc) is 2.53. The summed E-state index contributed by atoms with van der Waals surface area (Å²) >= 11 is 4.62. The molecule has 1 atom stereocenters. The summed E-state index contributed by atoms with van der Waals surface area (Å²) in [4.78, 5) is 35.3. The summed E-state index contributed by atoms with van der Waals surface area (Å²) in [5, 5.41) is 0. The van der Waals surface area contributed by atoms with E-state index in [-0.39, 0.29) is 11.1 Å². The summed E-state index contributed by atoms with van der Waals surface area (Å²) in [6.45, 7) is -3.80. The molecule has 0 N–H and O–H groups in total. The molecule has 0 fully saturated rings. The van der Waals surface area contributed by atoms with Gasteiger partial charge in [0.15, 0.2) is 0 Å². The lowest BCUT2D eigenvalue weighted by molar-refractivity contribution is -0.188. The predicted octanol–water partition coefficient (Wildman–Crippen LogP) is 0.514. The lowest BCUT2D eigenvalue weighted by atomic mass is 10.1. The van der Waals surface area contributed by atoms with Crippen LogP contribution in [0.1, 0.15) is 20.7 Å². The first-order valence-corrected chi connectivity index (χ1v) is 6.93. The molecule has 0 saturated heterocycles. The van der Waals surface area contributed by atoms with Crippen LogP contribution in [0.5, 0.6) is 0 Å². The molecule has 7 heteroatoms. The number of benzene rings is 1. The third-order valence-electron chi connectivity index (χ3n) is 2.25. The fraction of sp³-hybridized carbons (Fsp3) is 0.111. The number of imide groups is 1. The zero-order valence-corrected chi connectivity index (χ0v) is 9.96. The van der Waals surface area contributed by atoms with Gasteiger partial charge in [0.05, 0.1) is 17.8 Å². The quantitative estimate of drug-likeness (QED) is 0.569. The molecule has 0 bridgehead atoms. The van der Waals surface area contributed by atoms with Crippen LogP contribution in [0.4, 0.5) is 0 Å². The van der Waals surface area contributed by atoms with E-state index in [1.54, 1.807) is 12.1 Å². The molecular formula is C9H7NO4PS-. The van der Waals surface area contributed by atoms with Crippen molar-refractivity contribution in [2.75, 3.05) is 7.11 Å². The number of carbonyl (C=O) groups excluding carboxylic acids is 2. The Balaban J connectivity index is 2.55. The highest BCUT2D eigenvalue weighted by atomic mass is 32.5. The van der Waals surface area contributed by atoms with E-state index in [1.807, 2.05) is 0 Å². The molecule has 1 aliphatic rings. The highest BCUT2D eigenvalue weighted by Gasteiger charge is 2.39. The fourth-order valence-electron chi connectivity index (χ4n) is 1.48. The zero-order valence-electron chi connectivity index (χ0n) is 8.25. The molecule has 16 heavy (non-hydrogen) atoms. The Morgan fingerprint density at radius 3 is 2.06 bits per heavy atom. The topological polar surface area (TPSA) is 69.7 Å². The average molecular weight is 256 g/mol. The number of hydrogen-bond acceptors (Lipinski definition) is 5. The van der Waals surface area contributed by atoms with Gasteiger partial charge < -0.3 is 9.42 Å². The first-order valence-electron chi connectivity index (χ1n) is 4.34. The molecule has 0 saturated carbocycles. The smallest absolute Gasteiger partial charge is 0.266 e. The minimum atomic E-state index is -3.80. The molecule has 0 aliphatic carbocycles. The van der Waals surface area contributed by atoms with Crippen LogP contribution in [0.3, 0.4) is 0 Å². The van der Waals surface area contributed by atoms with Gasteiger partial charge in [-0.05, 0) is 12.1 Å². The number of carbonyl (C=O) groups is 2. The van der Waals surface area contributed by atoms with Crippen molar-refractivity contribution in [2.24, 2.45) is 0 Å². The Labute approximate surface area is 96.9 Å². The van der Waals surface area contributed by atoms with Gasteiger partial charge in [0.2, 0.25) is 0 Å². The largest absolute Gasteiger partial charge is 0.784 e. The van der Waals surface area contributed by atoms with Gasteiger partial charge in [-0.15, -0.1) is 0 Å². The van der Waals surface area contributed by atoms with Gasteiger partial charge in [0.1, 0.15) is 0 Å². The number of rotatable bonds is 2. The summed E-state index contributed by atoms with van der Waals surface area (Å²) in [5.41, 5.74) is 0.407. The van der Waals surface area contributed by atoms with Gasteiger partial charge in [-0.2, -0.15) is 0 Å². The second-order valence-electron chi connectivity index (χ2n) is 3.12. The number of fused-ring (bicyclic) bond motifs is 1. The number of amides is 2. The molecule has 0 aromatic heterocycles. The normalized spacial score (nSPS) is 18.5. The van der Waals surface area contributed by atoms with E-state index >= 15 is 0 Å². The Hall–Kier alpha value is -1.07. The molecule has 1 unspecified atom stereocenters. The minimum Gasteiger partial charge on any atom is -0.784 e. The van der Waals surface area contributed by atoms with Crippen LogP contribution in [0.15, 0.2) is 24.3 Å². The Morgan fingerprint density at radius 1 is 1.25 bits per heavy atom. The van der Waals surface area contributed by atoms with E-state index in [0.29, 0.717) is 4.67 Å². The second-order valence-corrected chi connectivity index (χ2v) is 6.21. The molecule has 0 spiro atoms. The summed E-state index contributed by atoms with van der Waals surface area (Å²) < 4.78 is 5.07. The van der Waals surface area contributed by atoms with Crippen LogP contribution in [0.2, 0.25) is 0 Å². The van der Waals surface area contributed by atoms with Crippen molar-refractivity contribution < 1.29 is 19.0 Å². The zero-order chi connectivity index (χ0) is 11.9. The van der Waals surface area contributed by atoms with Crippen molar-refractivity contribution in [1.29, 1.82) is 0 Å². The van der Waals surface area contributed by atoms with E-state index in [4.69, 9.17) is 0 Å². The highest BCUT2D eigenvalue weighted by Crippen LogP contribution is 2.46. The first kappa shape index (κ1) is 11.4. The monoisotopic (exact) mass is 256 g/mol. The third kappa shape index (κ3) is 1.51. The lowest BCUT2D eigenvalue weighted by Crippen LogP contribution is -2.32. The summed E-state index contributed by atoms with van der Waals surface area (Å²) in [7, 11) is 1.11. The van der Waals surface area contributed by atoms with E-state index in [2.05, 4.69) is 16.3 Å². The maximum Gasteiger partial charge on any atom is 0.266 e. The maximum atomic E-state index is 11.8. The van der Waals surface area contributed by atoms with E-state index in [9.17, 15) is 14.5 Å². The fourth-order valence-corrected chi connectivity index (χ4v) is 2.75. The van der Waals surface area contributed by atoms with Gasteiger partial charge in [-0.1, -0.05) is 23.9 Å². The van der Waals surface area contributed by atoms with Crippen molar-refractivity contribution >= 4 is 30.3 Å². The van der Waals surface area contributed by atoms with Gasteiger partial charge in [-0.3, -0.25) is 9.59 Å². The van der Waals surface area contributed by atoms with Crippen molar-refractivity contribution in [2.45, 2.75) is 0 Å². The molecular weight excluding hydrogens is 249 g/mol. The van der Waals surface area contributed by atoms with Gasteiger partial charge >= 0.3 is 0 Å². The molecule has 1 aromatic carbocycles. The Bertz CT molecular complexity index is 495. The predicted molar refractivity (Wildman–Crippen MR) is 58.2 cm³/mol. The van der Waals surface area contributed by atoms with Gasteiger partial charge in [0, 0.05) is 7.11 Å². The van der Waals surface area contributed by atoms with Gasteiger partial charge in [-0.25, -0.2) is 4.67 Å². The molecule has 1 aromatic rings. The van der Waals surface area contributed by atoms with Crippen molar-refractivity contribution in [3.05, 3.63) is 35.4 Å². The van der Waals surface area contributed by atoms with Crippen molar-refractivity contribution in [1.82, 2.24) is 4.67 Å². The minimum absolute atomic E-state index is 0.203. The Morgan fingerprint density at radius 2 is 1.69 bits per heavy atom. The second kappa shape index (κ2) is 3.75. The van der Waals surface area contributed by atoms with E-state index in [0.717, 1.165) is 7.11 Å². The standard InChI is InChI=1S/C9H8NO4PS/c1-14-15(13,16)10-8(11)6-4-2-3-5-7(6)9(10)12/h2-5H,1H3,(H,13,16)/p-1. The van der Waals surface area contributed by atoms with Gasteiger partial charge in [0.25, 0.3) is 11.8 Å². The number of nitrogens with zero attached hydrogens (tertiary/aromatic N) is 1. The third-order valence-corrected chi connectivity index (χ3v) is 4.50. The summed E-state index contributed by atoms with van der Waals surface area (Å²) in [5.74, 6) is -1.33. The highest BCUT2D eigenvalue weighted by molar-refractivity contribution is 8.08. The molecule has 84 valence electrons. The summed E-state index contributed by atoms with van der Waals surface area (Å²) in [6, 6.07) is 6.21. The lowest BCUT2D eigenvalue weighted by Gasteiger charge is -2.33. The number of hydrogen-bond donors (Lipinski definition) is 0. The maximum absolute atomic E-state index is 11.8. The van der Waals surface area contributed by atoms with Crippen molar-refractivity contribution in [3.8, 4) is 0 Å². The van der Waals surface area contributed by atoms with Crippen molar-refractivity contribution in [3.63, 3.8) is 0 Å². The van der Waals surface area contributed by atoms with Crippen LogP contribution in [-0.4, -0.2) is 23.6 Å². The SMILES string of the molecule is COP([O-])(=S)N1C(=O)c2ccccc2C1=O. The van der Waals surface area contributed by atoms with E-state index in [1.165, 1.54) is 12.1 Å². The molecule has 2 amide bonds. The van der Waals surface area contributed by atoms with Crippen LogP contribution < -0.4 is 4.89 Å². The Kier molecular flexibility index (Phi) is 2.67. The summed E-state index contributed by atoms with van der Waals surface area (Å²) in [6.07, 6.45) is 0. The van der Waals surface area contributed by atoms with Crippen LogP contribution in [0.25, 0.3) is 0 Å².